The molecule has 2 fully saturated rings. The highest BCUT2D eigenvalue weighted by Crippen LogP contribution is 2.33. The van der Waals surface area contributed by atoms with Crippen molar-refractivity contribution in [1.29, 1.82) is 5.26 Å². The number of aryl methyl sites for hydroxylation is 1. The lowest BCUT2D eigenvalue weighted by molar-refractivity contribution is -0.126. The lowest BCUT2D eigenvalue weighted by Gasteiger charge is -2.33. The molecule has 2 aliphatic heterocycles. The molecule has 2 aliphatic rings. The quantitative estimate of drug-likeness (QED) is 0.293. The van der Waals surface area contributed by atoms with Gasteiger partial charge in [-0.15, -0.1) is 11.3 Å². The smallest absolute Gasteiger partial charge is 0.367 e. The van der Waals surface area contributed by atoms with E-state index in [-0.39, 0.29) is 22.4 Å². The van der Waals surface area contributed by atoms with E-state index in [1.54, 1.807) is 6.07 Å². The molecule has 6 rings (SSSR count). The predicted octanol–water partition coefficient (Wildman–Crippen LogP) is 4.74. The third-order valence-corrected chi connectivity index (χ3v) is 11.4. The third kappa shape index (κ3) is 6.86. The molecule has 1 N–H and O–H groups in total. The first-order valence-electron chi connectivity index (χ1n) is 14.7. The van der Waals surface area contributed by atoms with Crippen molar-refractivity contribution in [2.45, 2.75) is 51.5 Å². The number of thiophene rings is 1. The first-order valence-corrected chi connectivity index (χ1v) is 17.4. The van der Waals surface area contributed by atoms with Crippen molar-refractivity contribution in [1.82, 2.24) is 24.3 Å². The van der Waals surface area contributed by atoms with E-state index in [2.05, 4.69) is 50.2 Å². The number of fused-ring (bicyclic) bond motifs is 2. The molecule has 0 spiro atoms. The molecular formula is C30H34F3N7O2S2. The first-order chi connectivity index (χ1) is 21.0. The fourth-order valence-corrected chi connectivity index (χ4v) is 8.52. The molecule has 14 heteroatoms. The van der Waals surface area contributed by atoms with Crippen LogP contribution in [0.4, 0.5) is 19.0 Å². The van der Waals surface area contributed by atoms with Gasteiger partial charge in [-0.3, -0.25) is 9.80 Å². The highest BCUT2D eigenvalue weighted by Gasteiger charge is 2.29. The number of anilines is 1. The van der Waals surface area contributed by atoms with Gasteiger partial charge in [-0.05, 0) is 49.1 Å². The van der Waals surface area contributed by atoms with Crippen LogP contribution in [0, 0.1) is 18.3 Å². The van der Waals surface area contributed by atoms with Gasteiger partial charge in [0.25, 0.3) is 0 Å². The molecule has 44 heavy (non-hydrogen) atoms. The van der Waals surface area contributed by atoms with Gasteiger partial charge in [0, 0.05) is 67.6 Å². The number of nitriles is 1. The van der Waals surface area contributed by atoms with Crippen molar-refractivity contribution in [2.75, 3.05) is 49.5 Å². The molecule has 0 atom stereocenters. The molecule has 1 aromatic carbocycles. The van der Waals surface area contributed by atoms with Crippen molar-refractivity contribution in [2.24, 2.45) is 0 Å². The van der Waals surface area contributed by atoms with Crippen LogP contribution in [-0.2, 0) is 29.3 Å². The molecule has 3 aromatic heterocycles. The Hall–Kier alpha value is -3.25. The van der Waals surface area contributed by atoms with E-state index in [1.165, 1.54) is 11.9 Å². The lowest BCUT2D eigenvalue weighted by Crippen LogP contribution is -2.41. The number of sulfone groups is 1. The maximum atomic E-state index is 12.9. The van der Waals surface area contributed by atoms with E-state index in [0.717, 1.165) is 60.3 Å². The molecule has 0 radical (unpaired) electrons. The van der Waals surface area contributed by atoms with Crippen LogP contribution >= 0.6 is 11.3 Å². The minimum atomic E-state index is -4.26. The van der Waals surface area contributed by atoms with Crippen molar-refractivity contribution >= 4 is 48.1 Å². The van der Waals surface area contributed by atoms with Gasteiger partial charge in [-0.2, -0.15) is 18.4 Å². The number of nitrogens with zero attached hydrogens (tertiary/aromatic N) is 6. The van der Waals surface area contributed by atoms with Gasteiger partial charge < -0.3 is 9.88 Å². The number of halogens is 3. The number of likely N-dealkylation sites (tertiary alicyclic amines) is 1. The van der Waals surface area contributed by atoms with Crippen LogP contribution in [-0.4, -0.2) is 89.2 Å². The highest BCUT2D eigenvalue weighted by molar-refractivity contribution is 7.91. The molecule has 9 nitrogen and oxygen atoms in total. The second kappa shape index (κ2) is 12.3. The summed E-state index contributed by atoms with van der Waals surface area (Å²) < 4.78 is 64.3. The molecule has 5 heterocycles. The Labute approximate surface area is 258 Å². The number of hydrogen-bond donors (Lipinski definition) is 1. The second-order valence-electron chi connectivity index (χ2n) is 11.7. The van der Waals surface area contributed by atoms with Gasteiger partial charge >= 0.3 is 6.18 Å². The fraction of sp³-hybridized carbons (Fsp3) is 0.500. The maximum Gasteiger partial charge on any atom is 0.393 e. The van der Waals surface area contributed by atoms with Crippen LogP contribution in [0.2, 0.25) is 0 Å². The Balaban J connectivity index is 1.08. The van der Waals surface area contributed by atoms with Gasteiger partial charge in [-0.25, -0.2) is 18.4 Å². The SMILES string of the molecule is Cc1c(CN2CCC(Nc3ncnc4sc(CC(F)(F)F)cc34)CC2)ccc2c1cc(C#N)n2CCN1CCS(=O)(=O)CC1. The summed E-state index contributed by atoms with van der Waals surface area (Å²) in [5.41, 5.74) is 3.97. The minimum absolute atomic E-state index is 0.158. The van der Waals surface area contributed by atoms with Gasteiger partial charge in [0.05, 0.1) is 23.3 Å². The molecule has 0 amide bonds. The van der Waals surface area contributed by atoms with Crippen LogP contribution in [0.25, 0.3) is 21.1 Å². The van der Waals surface area contributed by atoms with Crippen LogP contribution in [0.3, 0.4) is 0 Å². The van der Waals surface area contributed by atoms with Crippen molar-refractivity contribution in [3.05, 3.63) is 52.3 Å². The zero-order valence-corrected chi connectivity index (χ0v) is 26.0. The lowest BCUT2D eigenvalue weighted by atomic mass is 10.0. The number of piperidine rings is 1. The standard InChI is InChI=1S/C30H34F3N7O2S2/c1-20-21(2-3-27-25(20)14-23(17-34)40(27)9-8-38-10-12-44(41,42)13-11-38)18-39-6-4-22(5-7-39)37-28-26-15-24(16-30(31,32)33)43-29(26)36-19-35-28/h2-3,14-15,19,22H,4-13,16,18H2,1H3,(H,35,36,37). The second-order valence-corrected chi connectivity index (χ2v) is 15.1. The van der Waals surface area contributed by atoms with Crippen LogP contribution in [0.15, 0.2) is 30.6 Å². The monoisotopic (exact) mass is 645 g/mol. The molecule has 0 saturated carbocycles. The van der Waals surface area contributed by atoms with Crippen molar-refractivity contribution in [3.8, 4) is 6.07 Å². The van der Waals surface area contributed by atoms with Crippen molar-refractivity contribution in [3.63, 3.8) is 0 Å². The van der Waals surface area contributed by atoms with Crippen LogP contribution in [0.5, 0.6) is 0 Å². The van der Waals surface area contributed by atoms with E-state index < -0.39 is 22.4 Å². The summed E-state index contributed by atoms with van der Waals surface area (Å²) in [4.78, 5) is 13.8. The predicted molar refractivity (Wildman–Crippen MR) is 166 cm³/mol. The zero-order chi connectivity index (χ0) is 31.1. The number of benzene rings is 1. The van der Waals surface area contributed by atoms with Gasteiger partial charge in [-0.1, -0.05) is 6.07 Å². The number of nitrogens with one attached hydrogen (secondary N) is 1. The zero-order valence-electron chi connectivity index (χ0n) is 24.4. The van der Waals surface area contributed by atoms with Crippen LogP contribution < -0.4 is 5.32 Å². The Morgan fingerprint density at radius 1 is 1.05 bits per heavy atom. The number of alkyl halides is 3. The third-order valence-electron chi connectivity index (χ3n) is 8.74. The van der Waals surface area contributed by atoms with E-state index >= 15 is 0 Å². The van der Waals surface area contributed by atoms with Crippen LogP contribution in [0.1, 0.15) is 34.5 Å². The summed E-state index contributed by atoms with van der Waals surface area (Å²) in [6.07, 6.45) is -2.08. The largest absolute Gasteiger partial charge is 0.393 e. The van der Waals surface area contributed by atoms with Gasteiger partial charge in [0.1, 0.15) is 28.7 Å². The molecule has 2 saturated heterocycles. The van der Waals surface area contributed by atoms with E-state index in [4.69, 9.17) is 0 Å². The average molecular weight is 646 g/mol. The maximum absolute atomic E-state index is 12.9. The molecule has 0 bridgehead atoms. The van der Waals surface area contributed by atoms with Gasteiger partial charge in [0.15, 0.2) is 9.84 Å². The Bertz CT molecular complexity index is 1810. The summed E-state index contributed by atoms with van der Waals surface area (Å²) in [6.45, 7) is 6.98. The van der Waals surface area contributed by atoms with E-state index in [1.807, 2.05) is 10.6 Å². The molecule has 4 aromatic rings. The summed E-state index contributed by atoms with van der Waals surface area (Å²) in [5.74, 6) is 0.958. The average Bonchev–Trinajstić information content (AvgIpc) is 3.55. The van der Waals surface area contributed by atoms with E-state index in [0.29, 0.717) is 47.9 Å². The Kier molecular flexibility index (Phi) is 8.58. The Morgan fingerprint density at radius 2 is 1.80 bits per heavy atom. The summed E-state index contributed by atoms with van der Waals surface area (Å²) in [7, 11) is -2.93. The van der Waals surface area contributed by atoms with Crippen molar-refractivity contribution < 1.29 is 21.6 Å². The summed E-state index contributed by atoms with van der Waals surface area (Å²) >= 11 is 1.06. The summed E-state index contributed by atoms with van der Waals surface area (Å²) in [6, 6.07) is 10.2. The number of rotatable bonds is 8. The molecule has 0 unspecified atom stereocenters. The molecule has 234 valence electrons. The first kappa shape index (κ1) is 30.8. The highest BCUT2D eigenvalue weighted by atomic mass is 32.2. The molecular weight excluding hydrogens is 612 g/mol. The molecule has 0 aliphatic carbocycles. The Morgan fingerprint density at radius 3 is 2.50 bits per heavy atom. The van der Waals surface area contributed by atoms with E-state index in [9.17, 15) is 26.9 Å². The topological polar surface area (TPSA) is 107 Å². The normalized spacial score (nSPS) is 18.6. The van der Waals surface area contributed by atoms with Gasteiger partial charge in [0.2, 0.25) is 0 Å². The number of aromatic nitrogens is 3. The summed E-state index contributed by atoms with van der Waals surface area (Å²) in [5, 5.41) is 15.0. The minimum Gasteiger partial charge on any atom is -0.367 e. The fourth-order valence-electron chi connectivity index (χ4n) is 6.22. The number of hydrogen-bond acceptors (Lipinski definition) is 9.